The van der Waals surface area contributed by atoms with Gasteiger partial charge in [-0.1, -0.05) is 52.0 Å². The Morgan fingerprint density at radius 3 is 1.24 bits per heavy atom. The Hall–Kier alpha value is -10.4. The smallest absolute Gasteiger partial charge is 0.307 e. The number of esters is 2. The summed E-state index contributed by atoms with van der Waals surface area (Å²) in [6.45, 7) is 20.6. The summed E-state index contributed by atoms with van der Waals surface area (Å²) in [7, 11) is -4.60. The predicted octanol–water partition coefficient (Wildman–Crippen LogP) is 13.9. The maximum absolute atomic E-state index is 15.1. The molecule has 0 unspecified atom stereocenters. The third kappa shape index (κ3) is 20.7. The SMILES string of the molecule is COc1ccc2c(O[C@@H]3C[C@H]4C(=O)C[C@]5(C(=O)NS(=O)(=O)C6CC6)C[C@H]5/C=C\CC[C@@H](C)C[C@@H](C)[C@H](CC(=O)OC(C)(C)C)C(=O)N4C3)nc(-c3ccc4c(c3)OCCO4)cc2c1.COc1ccc2c(O[C@@H]3C[C@H]4C(=O)C[C@]5(C(=O)NS(=O)(=O)C6CC6)C[C@H]5/C=C\CC[C@H](C)C[C@@H](C)[C@H](CC(=O)OC(C)(C)C)C(=O)N4C3)nc(-c3ccc4c(c3)OCCO4)cc2c1. The average molecular weight is 1770 g/mol. The maximum Gasteiger partial charge on any atom is 0.307 e. The number of ether oxygens (including phenoxy) is 10. The highest BCUT2D eigenvalue weighted by Gasteiger charge is 2.64. The van der Waals surface area contributed by atoms with Gasteiger partial charge in [-0.3, -0.25) is 47.8 Å². The number of carbonyl (C=O) groups is 8. The molecule has 8 heterocycles. The van der Waals surface area contributed by atoms with E-state index in [4.69, 9.17) is 57.3 Å². The molecule has 4 aliphatic carbocycles. The number of benzene rings is 4. The first-order valence-corrected chi connectivity index (χ1v) is 47.6. The van der Waals surface area contributed by atoms with Gasteiger partial charge in [-0.05, 0) is 250 Å². The van der Waals surface area contributed by atoms with Crippen LogP contribution in [-0.2, 0) is 67.9 Å². The molecule has 4 saturated carbocycles. The fourth-order valence-electron chi connectivity index (χ4n) is 19.0. The predicted molar refractivity (Wildman–Crippen MR) is 470 cm³/mol. The summed E-state index contributed by atoms with van der Waals surface area (Å²) in [5.41, 5.74) is -1.43. The third-order valence-corrected chi connectivity index (χ3v) is 29.8. The van der Waals surface area contributed by atoms with Gasteiger partial charge in [-0.2, -0.15) is 0 Å². The van der Waals surface area contributed by atoms with Crippen molar-refractivity contribution in [3.8, 4) is 68.8 Å². The largest absolute Gasteiger partial charge is 0.497 e. The molecule has 0 spiro atoms. The van der Waals surface area contributed by atoms with E-state index in [1.54, 1.807) is 55.8 Å². The lowest BCUT2D eigenvalue weighted by molar-refractivity contribution is -0.160. The Bertz CT molecular complexity index is 5180. The molecule has 10 aliphatic rings. The van der Waals surface area contributed by atoms with Crippen LogP contribution in [-0.4, -0.2) is 183 Å². The minimum atomic E-state index is -3.89. The zero-order valence-electron chi connectivity index (χ0n) is 74.0. The lowest BCUT2D eigenvalue weighted by atomic mass is 9.82. The summed E-state index contributed by atoms with van der Waals surface area (Å²) in [6, 6.07) is 24.1. The number of ketones is 2. The number of methoxy groups -OCH3 is 2. The number of Topliss-reactive ketones (excluding diaryl/α,β-unsaturated/α-hetero) is 2. The van der Waals surface area contributed by atoms with Crippen molar-refractivity contribution in [2.24, 2.45) is 58.2 Å². The molecule has 28 nitrogen and oxygen atoms in total. The molecule has 6 aliphatic heterocycles. The van der Waals surface area contributed by atoms with Gasteiger partial charge < -0.3 is 57.2 Å². The fourth-order valence-corrected chi connectivity index (χ4v) is 21.7. The van der Waals surface area contributed by atoms with E-state index in [-0.39, 0.29) is 122 Å². The Morgan fingerprint density at radius 1 is 0.492 bits per heavy atom. The number of sulfonamides is 2. The molecular formula is C96H118N6O22S2. The summed E-state index contributed by atoms with van der Waals surface area (Å²) in [5, 5.41) is 1.70. The second kappa shape index (κ2) is 36.4. The van der Waals surface area contributed by atoms with E-state index in [1.807, 2.05) is 123 Å². The molecule has 4 amide bonds. The van der Waals surface area contributed by atoms with Crippen LogP contribution in [0.2, 0.25) is 0 Å². The van der Waals surface area contributed by atoms with E-state index in [0.717, 1.165) is 34.7 Å². The van der Waals surface area contributed by atoms with Gasteiger partial charge in [0.1, 0.15) is 61.3 Å². The fraction of sp³-hybridized carbons (Fsp3) is 0.562. The van der Waals surface area contributed by atoms with Crippen molar-refractivity contribution in [3.05, 3.63) is 109 Å². The van der Waals surface area contributed by atoms with Gasteiger partial charge in [0.2, 0.25) is 55.4 Å². The van der Waals surface area contributed by atoms with Gasteiger partial charge in [-0.15, -0.1) is 0 Å². The molecule has 2 N–H and O–H groups in total. The van der Waals surface area contributed by atoms with Gasteiger partial charge in [0.05, 0.1) is 96.8 Å². The minimum Gasteiger partial charge on any atom is -0.497 e. The number of aromatic nitrogens is 2. The lowest BCUT2D eigenvalue weighted by Gasteiger charge is -2.32. The van der Waals surface area contributed by atoms with E-state index < -0.39 is 112 Å². The van der Waals surface area contributed by atoms with Crippen molar-refractivity contribution in [3.63, 3.8) is 0 Å². The van der Waals surface area contributed by atoms with Gasteiger partial charge in [-0.25, -0.2) is 26.8 Å². The van der Waals surface area contributed by atoms with E-state index in [2.05, 4.69) is 23.3 Å². The van der Waals surface area contributed by atoms with Crippen LogP contribution in [0, 0.1) is 58.2 Å². The lowest BCUT2D eigenvalue weighted by Crippen LogP contribution is -2.47. The molecular weight excluding hydrogens is 1650 g/mol. The van der Waals surface area contributed by atoms with Crippen molar-refractivity contribution >= 4 is 88.7 Å². The van der Waals surface area contributed by atoms with E-state index in [9.17, 15) is 45.6 Å². The number of hydrogen-bond acceptors (Lipinski definition) is 24. The van der Waals surface area contributed by atoms with Crippen LogP contribution in [0.4, 0.5) is 0 Å². The molecule has 16 rings (SSSR count). The van der Waals surface area contributed by atoms with Gasteiger partial charge in [0, 0.05) is 47.6 Å². The second-order valence-electron chi connectivity index (χ2n) is 38.5. The minimum absolute atomic E-state index is 0.00843. The standard InChI is InChI=1S/2C48H59N3O11S/c2*1-28-9-7-8-10-32-25-48(32,46(55)50-63(56,57)35-13-14-35)26-40(52)39-23-34(27-51(39)45(54)37(29(2)19-28)24-43(53)62-47(3,4)5)61-44-36-15-12-33(58-6)20-31(36)21-38(49-44)30-11-16-41-42(22-30)60-18-17-59-41/h2*8,10-12,15-16,20-22,28-29,32,34-35,37,39H,7,9,13-14,17-19,23-27H2,1-6H3,(H,50,55)/b2*10-8-/t28-,29+,32+,34+,37-,39-,48+;28-,29-,32-,34-,37+,39+,48-/m01/s1. The quantitative estimate of drug-likeness (QED) is 0.0596. The number of carbonyl (C=O) groups excluding carboxylic acids is 8. The van der Waals surface area contributed by atoms with Crippen LogP contribution in [0.5, 0.6) is 46.3 Å². The summed E-state index contributed by atoms with van der Waals surface area (Å²) in [5.74, 6) is -1.98. The Balaban J connectivity index is 0.000000194. The molecule has 676 valence electrons. The zero-order valence-corrected chi connectivity index (χ0v) is 75.7. The van der Waals surface area contributed by atoms with Crippen LogP contribution < -0.4 is 47.3 Å². The summed E-state index contributed by atoms with van der Waals surface area (Å²) in [6.07, 6.45) is 12.6. The molecule has 2 saturated heterocycles. The van der Waals surface area contributed by atoms with Crippen LogP contribution in [0.3, 0.4) is 0 Å². The topological polar surface area (TPSA) is 353 Å². The first kappa shape index (κ1) is 90.4. The van der Waals surface area contributed by atoms with Crippen LogP contribution in [0.15, 0.2) is 109 Å². The average Bonchev–Trinajstić information content (AvgIpc) is 1.57. The van der Waals surface area contributed by atoms with E-state index in [1.165, 1.54) is 9.80 Å². The molecule has 30 heteroatoms. The van der Waals surface area contributed by atoms with Crippen LogP contribution >= 0.6 is 0 Å². The second-order valence-corrected chi connectivity index (χ2v) is 42.4. The third-order valence-electron chi connectivity index (χ3n) is 26.2. The highest BCUT2D eigenvalue weighted by atomic mass is 32.2. The summed E-state index contributed by atoms with van der Waals surface area (Å²) >= 11 is 0. The first-order chi connectivity index (χ1) is 59.8. The van der Waals surface area contributed by atoms with Crippen LogP contribution in [0.25, 0.3) is 44.1 Å². The van der Waals surface area contributed by atoms with Crippen molar-refractivity contribution in [1.82, 2.24) is 29.2 Å². The summed E-state index contributed by atoms with van der Waals surface area (Å²) < 4.78 is 116. The zero-order chi connectivity index (χ0) is 89.7. The number of amides is 4. The van der Waals surface area contributed by atoms with E-state index in [0.29, 0.717) is 147 Å². The number of pyridine rings is 2. The Labute approximate surface area is 737 Å². The first-order valence-electron chi connectivity index (χ1n) is 44.5. The molecule has 2 aromatic heterocycles. The number of allylic oxidation sites excluding steroid dienone is 4. The van der Waals surface area contributed by atoms with Crippen molar-refractivity contribution < 1.29 is 103 Å². The number of nitrogens with zero attached hydrogens (tertiary/aromatic N) is 4. The van der Waals surface area contributed by atoms with Crippen molar-refractivity contribution in [1.29, 1.82) is 0 Å². The molecule has 126 heavy (non-hydrogen) atoms. The molecule has 0 radical (unpaired) electrons. The van der Waals surface area contributed by atoms with Crippen molar-refractivity contribution in [2.75, 3.05) is 53.7 Å². The number of nitrogens with one attached hydrogen (secondary N) is 2. The van der Waals surface area contributed by atoms with Crippen LogP contribution in [0.1, 0.15) is 185 Å². The maximum atomic E-state index is 15.1. The molecule has 4 aromatic carbocycles. The van der Waals surface area contributed by atoms with Gasteiger partial charge >= 0.3 is 11.9 Å². The Morgan fingerprint density at radius 2 is 0.873 bits per heavy atom. The highest BCUT2D eigenvalue weighted by molar-refractivity contribution is 7.91. The van der Waals surface area contributed by atoms with Gasteiger partial charge in [0.25, 0.3) is 0 Å². The molecule has 0 bridgehead atoms. The number of hydrogen-bond donors (Lipinski definition) is 2. The monoisotopic (exact) mass is 1770 g/mol. The molecule has 6 aromatic rings. The molecule has 14 atom stereocenters. The van der Waals surface area contributed by atoms with E-state index >= 15 is 9.59 Å². The normalized spacial score (nSPS) is 28.2. The Kier molecular flexibility index (Phi) is 26.1. The van der Waals surface area contributed by atoms with Crippen molar-refractivity contribution in [2.45, 2.75) is 231 Å². The van der Waals surface area contributed by atoms with Gasteiger partial charge in [0.15, 0.2) is 34.6 Å². The molecule has 6 fully saturated rings. The highest BCUT2D eigenvalue weighted by Crippen LogP contribution is 2.59. The number of fused-ring (bicyclic) bond motifs is 8. The summed E-state index contributed by atoms with van der Waals surface area (Å²) in [4.78, 5) is 128. The number of rotatable bonds is 18.